The molecule has 1 heterocycles. The first-order valence-corrected chi connectivity index (χ1v) is 29.1. The van der Waals surface area contributed by atoms with Crippen LogP contribution in [0, 0.1) is 0 Å². The molecule has 0 atom stereocenters. The van der Waals surface area contributed by atoms with Gasteiger partial charge in [0.2, 0.25) is 0 Å². The van der Waals surface area contributed by atoms with Crippen molar-refractivity contribution in [3.8, 4) is 0 Å². The lowest BCUT2D eigenvalue weighted by Gasteiger charge is -2.35. The predicted octanol–water partition coefficient (Wildman–Crippen LogP) is 9.09. The zero-order valence-corrected chi connectivity index (χ0v) is 43.1. The van der Waals surface area contributed by atoms with Gasteiger partial charge in [-0.3, -0.25) is 14.4 Å². The highest BCUT2D eigenvalue weighted by Crippen LogP contribution is 2.75. The number of hydrogen-bond donors (Lipinski definition) is 6. The molecule has 1 aliphatic heterocycles. The smallest absolute Gasteiger partial charge is 0.303 e. The zero-order chi connectivity index (χ0) is 48.3. The molecule has 0 radical (unpaired) electrons. The Morgan fingerprint density at radius 2 is 0.591 bits per heavy atom. The molecule has 0 fully saturated rings. The Balaban J connectivity index is 3.73. The Morgan fingerprint density at radius 3 is 0.833 bits per heavy atom. The highest BCUT2D eigenvalue weighted by atomic mass is 31.3. The van der Waals surface area contributed by atoms with Crippen LogP contribution in [0.5, 0.6) is 0 Å². The molecule has 0 aromatic carbocycles. The minimum atomic E-state index is -3.45. The molecule has 1 aliphatic rings. The number of hydrogen-bond acceptors (Lipinski definition) is 18. The van der Waals surface area contributed by atoms with Crippen molar-refractivity contribution in [1.82, 2.24) is 15.3 Å². The van der Waals surface area contributed by atoms with Gasteiger partial charge in [-0.25, -0.2) is 15.3 Å². The van der Waals surface area contributed by atoms with Gasteiger partial charge < -0.3 is 57.3 Å². The van der Waals surface area contributed by atoms with Gasteiger partial charge in [0, 0.05) is 58.7 Å². The van der Waals surface area contributed by atoms with Gasteiger partial charge in [-0.1, -0.05) is 59.3 Å². The van der Waals surface area contributed by atoms with Crippen molar-refractivity contribution in [1.29, 1.82) is 0 Å². The van der Waals surface area contributed by atoms with E-state index in [1.54, 1.807) is 0 Å². The highest BCUT2D eigenvalue weighted by molar-refractivity contribution is 7.81. The fraction of sp³-hybridized carbons (Fsp3) is 0.929. The fourth-order valence-corrected chi connectivity index (χ4v) is 16.5. The lowest BCUT2D eigenvalue weighted by Crippen LogP contribution is -2.24. The standard InChI is InChI=1S/C42H87N6O15P3/c1-4-7-25-55-28-31-58-34-37-61-64(43-22-16-10-13-19-40(49)50)46-65(44-23-17-11-14-20-41(51)52,62-38-35-59-32-29-56-26-8-5-2)48-66(47-64,45-24-18-12-15-21-42(53)54)63-39-36-60-33-30-57-27-9-6-3/h43-45H,4-39H2,1-3H3,(H,49,50)(H,51,52)(H,53,54). The van der Waals surface area contributed by atoms with E-state index in [1.165, 1.54) is 0 Å². The third-order valence-electron chi connectivity index (χ3n) is 9.42. The summed E-state index contributed by atoms with van der Waals surface area (Å²) in [5.74, 6) is -2.56. The first-order chi connectivity index (χ1) is 32.1. The maximum Gasteiger partial charge on any atom is 0.303 e. The van der Waals surface area contributed by atoms with Gasteiger partial charge in [-0.05, 0) is 57.8 Å². The molecule has 0 bridgehead atoms. The Morgan fingerprint density at radius 1 is 0.348 bits per heavy atom. The molecule has 0 aliphatic carbocycles. The number of nitrogens with one attached hydrogen (secondary N) is 3. The summed E-state index contributed by atoms with van der Waals surface area (Å²) in [6.45, 7) is 12.9. The molecule has 6 N–H and O–H groups in total. The Bertz CT molecular complexity index is 1240. The van der Waals surface area contributed by atoms with E-state index in [1.807, 2.05) is 0 Å². The molecule has 0 spiro atoms. The molecule has 21 nitrogen and oxygen atoms in total. The van der Waals surface area contributed by atoms with Crippen molar-refractivity contribution in [3.63, 3.8) is 0 Å². The van der Waals surface area contributed by atoms with E-state index in [9.17, 15) is 29.7 Å². The van der Waals surface area contributed by atoms with Crippen LogP contribution in [0.25, 0.3) is 0 Å². The van der Waals surface area contributed by atoms with Gasteiger partial charge in [0.1, 0.15) is 0 Å². The van der Waals surface area contributed by atoms with Crippen LogP contribution in [-0.2, 0) is 56.4 Å². The zero-order valence-electron chi connectivity index (χ0n) is 40.4. The first-order valence-electron chi connectivity index (χ1n) is 24.3. The van der Waals surface area contributed by atoms with E-state index in [0.29, 0.717) is 137 Å². The Hall–Kier alpha value is -1.38. The second-order valence-corrected chi connectivity index (χ2v) is 22.6. The highest BCUT2D eigenvalue weighted by Gasteiger charge is 2.40. The number of unbranched alkanes of at least 4 members (excludes halogenated alkanes) is 9. The predicted molar refractivity (Wildman–Crippen MR) is 258 cm³/mol. The van der Waals surface area contributed by atoms with Crippen LogP contribution in [-0.4, -0.2) is 152 Å². The summed E-state index contributed by atoms with van der Waals surface area (Å²) < 4.78 is 70.8. The van der Waals surface area contributed by atoms with Crippen molar-refractivity contribution in [2.24, 2.45) is 13.5 Å². The van der Waals surface area contributed by atoms with Crippen molar-refractivity contribution in [2.75, 3.05) is 119 Å². The molecule has 24 heteroatoms. The Labute approximate surface area is 395 Å². The quantitative estimate of drug-likeness (QED) is 0.0245. The third kappa shape index (κ3) is 34.8. The molecule has 0 saturated heterocycles. The van der Waals surface area contributed by atoms with Gasteiger partial charge in [0.05, 0.1) is 79.3 Å². The Kier molecular flexibility index (Phi) is 40.3. The largest absolute Gasteiger partial charge is 0.481 e. The molecule has 0 aromatic rings. The van der Waals surface area contributed by atoms with Crippen molar-refractivity contribution in [2.45, 2.75) is 136 Å². The molecule has 0 amide bonds. The van der Waals surface area contributed by atoms with Crippen LogP contribution in [0.15, 0.2) is 13.5 Å². The van der Waals surface area contributed by atoms with E-state index in [4.69, 9.17) is 55.5 Å². The van der Waals surface area contributed by atoms with E-state index in [0.717, 1.165) is 38.5 Å². The van der Waals surface area contributed by atoms with Crippen LogP contribution in [0.4, 0.5) is 0 Å². The van der Waals surface area contributed by atoms with Crippen LogP contribution in [0.1, 0.15) is 136 Å². The van der Waals surface area contributed by atoms with Crippen LogP contribution in [0.3, 0.4) is 0 Å². The monoisotopic (exact) mass is 1010 g/mol. The van der Waals surface area contributed by atoms with Gasteiger partial charge in [-0.15, -0.1) is 0 Å². The van der Waals surface area contributed by atoms with Crippen LogP contribution >= 0.6 is 22.7 Å². The van der Waals surface area contributed by atoms with E-state index in [-0.39, 0.29) is 58.9 Å². The average Bonchev–Trinajstić information content (AvgIpc) is 3.28. The summed E-state index contributed by atoms with van der Waals surface area (Å²) in [6, 6.07) is 0. The van der Waals surface area contributed by atoms with E-state index >= 15 is 0 Å². The minimum absolute atomic E-state index is 0.0571. The maximum atomic E-state index is 11.3. The van der Waals surface area contributed by atoms with E-state index < -0.39 is 40.7 Å². The third-order valence-corrected chi connectivity index (χ3v) is 18.8. The normalized spacial score (nSPS) is 19.3. The topological polar surface area (TPSA) is 268 Å². The molecule has 0 saturated carbocycles. The second-order valence-electron chi connectivity index (χ2n) is 15.5. The van der Waals surface area contributed by atoms with Gasteiger partial charge in [0.15, 0.2) is 0 Å². The second kappa shape index (κ2) is 42.5. The number of carbonyl (C=O) groups is 3. The summed E-state index contributed by atoms with van der Waals surface area (Å²) in [5.41, 5.74) is 0. The lowest BCUT2D eigenvalue weighted by atomic mass is 10.2. The number of carboxylic acid groups (broad SMARTS) is 3. The van der Waals surface area contributed by atoms with Gasteiger partial charge >= 0.3 is 17.9 Å². The number of rotatable bonds is 51. The lowest BCUT2D eigenvalue weighted by molar-refractivity contribution is -0.138. The van der Waals surface area contributed by atoms with Crippen molar-refractivity contribution in [3.05, 3.63) is 0 Å². The summed E-state index contributed by atoms with van der Waals surface area (Å²) >= 11 is 0. The molecule has 1 rings (SSSR count). The maximum absolute atomic E-state index is 11.3. The summed E-state index contributed by atoms with van der Waals surface area (Å²) in [7, 11) is -10.3. The summed E-state index contributed by atoms with van der Waals surface area (Å²) in [6.07, 6.45) is 11.5. The summed E-state index contributed by atoms with van der Waals surface area (Å²) in [5, 5.41) is 38.3. The van der Waals surface area contributed by atoms with Crippen LogP contribution < -0.4 is 15.3 Å². The average molecular weight is 1010 g/mol. The molecule has 0 unspecified atom stereocenters. The molecule has 0 aromatic heterocycles. The van der Waals surface area contributed by atoms with Crippen LogP contribution in [0.2, 0.25) is 0 Å². The van der Waals surface area contributed by atoms with E-state index in [2.05, 4.69) is 36.0 Å². The minimum Gasteiger partial charge on any atom is -0.481 e. The number of nitrogens with zero attached hydrogens (tertiary/aromatic N) is 3. The van der Waals surface area contributed by atoms with Crippen molar-refractivity contribution >= 4 is 40.7 Å². The van der Waals surface area contributed by atoms with Gasteiger partial charge in [0.25, 0.3) is 22.7 Å². The molecule has 66 heavy (non-hydrogen) atoms. The van der Waals surface area contributed by atoms with Crippen molar-refractivity contribution < 1.29 is 71.7 Å². The SMILES string of the molecule is CCCCOCCOCCOP1(NCCCCCC(=O)O)=NP(NCCCCCC(=O)O)(OCCOCCOCCCC)=NP(NCCCCCC(=O)O)(OCCOCCOCCCC)=N1. The molecular formula is C42H87N6O15P3. The first kappa shape index (κ1) is 62.6. The molecular weight excluding hydrogens is 921 g/mol. The summed E-state index contributed by atoms with van der Waals surface area (Å²) in [4.78, 5) is 33.8. The number of aliphatic carboxylic acids is 3. The number of ether oxygens (including phenoxy) is 6. The number of carboxylic acids is 3. The molecule has 390 valence electrons. The fourth-order valence-electron chi connectivity index (χ4n) is 5.81. The van der Waals surface area contributed by atoms with Gasteiger partial charge in [-0.2, -0.15) is 13.5 Å².